The average molecular weight is 259 g/mol. The van der Waals surface area contributed by atoms with E-state index >= 15 is 0 Å². The van der Waals surface area contributed by atoms with E-state index < -0.39 is 0 Å². The van der Waals surface area contributed by atoms with E-state index in [0.29, 0.717) is 12.5 Å². The van der Waals surface area contributed by atoms with Crippen molar-refractivity contribution in [1.82, 2.24) is 15.6 Å². The van der Waals surface area contributed by atoms with Gasteiger partial charge >= 0.3 is 6.03 Å². The molecular formula is C15H21N3O. The lowest BCUT2D eigenvalue weighted by Crippen LogP contribution is -2.32. The van der Waals surface area contributed by atoms with E-state index in [9.17, 15) is 4.79 Å². The smallest absolute Gasteiger partial charge is 0.319 e. The van der Waals surface area contributed by atoms with Crippen LogP contribution in [0.3, 0.4) is 0 Å². The number of pyridine rings is 1. The van der Waals surface area contributed by atoms with Gasteiger partial charge in [0.25, 0.3) is 0 Å². The first kappa shape index (κ1) is 13.6. The van der Waals surface area contributed by atoms with Gasteiger partial charge in [0.1, 0.15) is 0 Å². The fourth-order valence-corrected chi connectivity index (χ4v) is 2.41. The molecule has 0 atom stereocenters. The van der Waals surface area contributed by atoms with Crippen LogP contribution in [0.15, 0.2) is 36.3 Å². The summed E-state index contributed by atoms with van der Waals surface area (Å²) in [5.41, 5.74) is 2.27. The maximum absolute atomic E-state index is 11.6. The quantitative estimate of drug-likeness (QED) is 0.873. The normalized spacial score (nSPS) is 16.4. The van der Waals surface area contributed by atoms with Gasteiger partial charge in [-0.15, -0.1) is 0 Å². The summed E-state index contributed by atoms with van der Waals surface area (Å²) in [5.74, 6) is 0.652. The van der Waals surface area contributed by atoms with Gasteiger partial charge in [-0.2, -0.15) is 0 Å². The molecule has 1 aliphatic carbocycles. The Kier molecular flexibility index (Phi) is 4.95. The van der Waals surface area contributed by atoms with Crippen molar-refractivity contribution in [2.75, 3.05) is 0 Å². The molecule has 1 heterocycles. The highest BCUT2D eigenvalue weighted by Crippen LogP contribution is 2.30. The van der Waals surface area contributed by atoms with E-state index in [2.05, 4.69) is 22.5 Å². The van der Waals surface area contributed by atoms with Crippen LogP contribution in [-0.4, -0.2) is 11.0 Å². The first-order chi connectivity index (χ1) is 9.25. The van der Waals surface area contributed by atoms with Crippen LogP contribution in [0, 0.1) is 5.92 Å². The van der Waals surface area contributed by atoms with E-state index in [1.165, 1.54) is 31.3 Å². The largest absolute Gasteiger partial charge is 0.334 e. The number of allylic oxidation sites excluding steroid dienone is 1. The number of hydrogen-bond acceptors (Lipinski definition) is 2. The fraction of sp³-hybridized carbons (Fsp3) is 0.467. The topological polar surface area (TPSA) is 54.0 Å². The van der Waals surface area contributed by atoms with Crippen LogP contribution in [0.2, 0.25) is 0 Å². The maximum atomic E-state index is 11.6. The van der Waals surface area contributed by atoms with Gasteiger partial charge in [0.15, 0.2) is 0 Å². The highest BCUT2D eigenvalue weighted by Gasteiger charge is 2.16. The average Bonchev–Trinajstić information content (AvgIpc) is 2.98. The van der Waals surface area contributed by atoms with Crippen molar-refractivity contribution in [3.63, 3.8) is 0 Å². The Morgan fingerprint density at radius 1 is 1.47 bits per heavy atom. The standard InChI is InChI=1S/C15H21N3O/c1-12(14-6-2-3-7-14)9-17-15(19)18-11-13-5-4-8-16-10-13/h4-5,8-10,14H,2-3,6-7,11H2,1H3,(H2,17,18,19)/b12-9+. The van der Waals surface area contributed by atoms with Gasteiger partial charge in [0.05, 0.1) is 0 Å². The number of aromatic nitrogens is 1. The number of amides is 2. The van der Waals surface area contributed by atoms with E-state index in [0.717, 1.165) is 5.56 Å². The first-order valence-electron chi connectivity index (χ1n) is 6.85. The Morgan fingerprint density at radius 2 is 2.26 bits per heavy atom. The predicted molar refractivity (Wildman–Crippen MR) is 75.3 cm³/mol. The summed E-state index contributed by atoms with van der Waals surface area (Å²) in [6.07, 6.45) is 10.4. The minimum Gasteiger partial charge on any atom is -0.334 e. The molecule has 0 radical (unpaired) electrons. The fourth-order valence-electron chi connectivity index (χ4n) is 2.41. The molecule has 1 saturated carbocycles. The summed E-state index contributed by atoms with van der Waals surface area (Å²) >= 11 is 0. The van der Waals surface area contributed by atoms with Gasteiger partial charge in [-0.3, -0.25) is 4.98 Å². The van der Waals surface area contributed by atoms with Crippen molar-refractivity contribution >= 4 is 6.03 Å². The molecule has 1 aromatic rings. The van der Waals surface area contributed by atoms with E-state index in [4.69, 9.17) is 0 Å². The van der Waals surface area contributed by atoms with E-state index in [1.54, 1.807) is 12.4 Å². The lowest BCUT2D eigenvalue weighted by Gasteiger charge is -2.10. The summed E-state index contributed by atoms with van der Waals surface area (Å²) in [6.45, 7) is 2.59. The lowest BCUT2D eigenvalue weighted by molar-refractivity contribution is 0.243. The minimum absolute atomic E-state index is 0.166. The summed E-state index contributed by atoms with van der Waals surface area (Å²) in [6, 6.07) is 3.63. The van der Waals surface area contributed by atoms with Gasteiger partial charge in [-0.05, 0) is 37.3 Å². The predicted octanol–water partition coefficient (Wildman–Crippen LogP) is 2.97. The molecule has 0 aliphatic heterocycles. The number of nitrogens with one attached hydrogen (secondary N) is 2. The Morgan fingerprint density at radius 3 is 2.95 bits per heavy atom. The molecule has 2 N–H and O–H groups in total. The monoisotopic (exact) mass is 259 g/mol. The van der Waals surface area contributed by atoms with Crippen LogP contribution >= 0.6 is 0 Å². The van der Waals surface area contributed by atoms with Gasteiger partial charge < -0.3 is 10.6 Å². The lowest BCUT2D eigenvalue weighted by atomic mass is 10.0. The van der Waals surface area contributed by atoms with Crippen molar-refractivity contribution in [1.29, 1.82) is 0 Å². The first-order valence-corrected chi connectivity index (χ1v) is 6.85. The Hall–Kier alpha value is -1.84. The molecule has 2 amide bonds. The Labute approximate surface area is 114 Å². The van der Waals surface area contributed by atoms with Gasteiger partial charge in [-0.25, -0.2) is 4.79 Å². The second kappa shape index (κ2) is 6.92. The van der Waals surface area contributed by atoms with Crippen LogP contribution in [0.5, 0.6) is 0 Å². The highest BCUT2D eigenvalue weighted by molar-refractivity contribution is 5.74. The molecule has 1 aromatic heterocycles. The van der Waals surface area contributed by atoms with Crippen molar-refractivity contribution < 1.29 is 4.79 Å². The van der Waals surface area contributed by atoms with Crippen molar-refractivity contribution in [3.8, 4) is 0 Å². The summed E-state index contributed by atoms with van der Waals surface area (Å²) in [4.78, 5) is 15.7. The maximum Gasteiger partial charge on any atom is 0.319 e. The molecule has 102 valence electrons. The van der Waals surface area contributed by atoms with Crippen molar-refractivity contribution in [2.24, 2.45) is 5.92 Å². The summed E-state index contributed by atoms with van der Waals surface area (Å²) in [5, 5.41) is 5.61. The summed E-state index contributed by atoms with van der Waals surface area (Å²) < 4.78 is 0. The van der Waals surface area contributed by atoms with Crippen LogP contribution in [0.25, 0.3) is 0 Å². The van der Waals surface area contributed by atoms with Crippen LogP contribution in [0.4, 0.5) is 4.79 Å². The van der Waals surface area contributed by atoms with E-state index in [1.807, 2.05) is 18.3 Å². The number of nitrogens with zero attached hydrogens (tertiary/aromatic N) is 1. The van der Waals surface area contributed by atoms with Crippen LogP contribution in [0.1, 0.15) is 38.2 Å². The number of carbonyl (C=O) groups excluding carboxylic acids is 1. The minimum atomic E-state index is -0.166. The third-order valence-corrected chi connectivity index (χ3v) is 3.61. The molecule has 0 unspecified atom stereocenters. The van der Waals surface area contributed by atoms with Gasteiger partial charge in [0.2, 0.25) is 0 Å². The van der Waals surface area contributed by atoms with Crippen LogP contribution in [-0.2, 0) is 6.54 Å². The van der Waals surface area contributed by atoms with E-state index in [-0.39, 0.29) is 6.03 Å². The van der Waals surface area contributed by atoms with Crippen LogP contribution < -0.4 is 10.6 Å². The molecule has 4 heteroatoms. The molecule has 19 heavy (non-hydrogen) atoms. The molecule has 0 aromatic carbocycles. The Balaban J connectivity index is 1.73. The second-order valence-corrected chi connectivity index (χ2v) is 5.06. The zero-order chi connectivity index (χ0) is 13.5. The number of rotatable bonds is 4. The molecule has 2 rings (SSSR count). The molecular weight excluding hydrogens is 238 g/mol. The molecule has 4 nitrogen and oxygen atoms in total. The number of hydrogen-bond donors (Lipinski definition) is 2. The Bertz CT molecular complexity index is 436. The van der Waals surface area contributed by atoms with Crippen molar-refractivity contribution in [2.45, 2.75) is 39.2 Å². The molecule has 0 bridgehead atoms. The highest BCUT2D eigenvalue weighted by atomic mass is 16.2. The molecule has 0 saturated heterocycles. The SMILES string of the molecule is C/C(=C\NC(=O)NCc1cccnc1)C1CCCC1. The third kappa shape index (κ3) is 4.39. The molecule has 1 fully saturated rings. The third-order valence-electron chi connectivity index (χ3n) is 3.61. The van der Waals surface area contributed by atoms with Gasteiger partial charge in [-0.1, -0.05) is 24.5 Å². The zero-order valence-electron chi connectivity index (χ0n) is 11.4. The number of carbonyl (C=O) groups is 1. The van der Waals surface area contributed by atoms with Crippen molar-refractivity contribution in [3.05, 3.63) is 41.9 Å². The molecule has 0 spiro atoms. The second-order valence-electron chi connectivity index (χ2n) is 5.06. The van der Waals surface area contributed by atoms with Gasteiger partial charge in [0, 0.05) is 25.1 Å². The zero-order valence-corrected chi connectivity index (χ0v) is 11.4. The summed E-state index contributed by atoms with van der Waals surface area (Å²) in [7, 11) is 0. The number of urea groups is 1. The molecule has 1 aliphatic rings.